The van der Waals surface area contributed by atoms with Crippen molar-refractivity contribution in [2.45, 2.75) is 38.7 Å². The third kappa shape index (κ3) is 3.67. The largest absolute Gasteiger partial charge is 0.391 e. The summed E-state index contributed by atoms with van der Waals surface area (Å²) in [7, 11) is 1.97. The average molecular weight is 418 g/mol. The number of aliphatic hydroxyl groups excluding tert-OH is 1. The highest BCUT2D eigenvalue weighted by Crippen LogP contribution is 2.34. The van der Waals surface area contributed by atoms with E-state index < -0.39 is 0 Å². The first-order valence-electron chi connectivity index (χ1n) is 10.7. The summed E-state index contributed by atoms with van der Waals surface area (Å²) in [4.78, 5) is 7.02. The van der Waals surface area contributed by atoms with Crippen LogP contribution in [0.15, 0.2) is 36.7 Å². The van der Waals surface area contributed by atoms with Crippen LogP contribution in [0.1, 0.15) is 36.3 Å². The van der Waals surface area contributed by atoms with Gasteiger partial charge >= 0.3 is 0 Å². The second kappa shape index (κ2) is 7.77. The molecule has 4 aromatic rings. The number of aromatic nitrogens is 6. The number of anilines is 1. The van der Waals surface area contributed by atoms with Crippen molar-refractivity contribution in [2.24, 2.45) is 7.05 Å². The molecule has 5 rings (SSSR count). The number of β-amino-alcohol motifs (C(OH)–C–C–N with tert-alkyl or cyclic N) is 1. The number of benzene rings is 1. The molecule has 0 aliphatic carbocycles. The van der Waals surface area contributed by atoms with Crippen LogP contribution in [0.5, 0.6) is 0 Å². The van der Waals surface area contributed by atoms with Gasteiger partial charge in [0.05, 0.1) is 11.8 Å². The molecule has 8 nitrogen and oxygen atoms in total. The third-order valence-electron chi connectivity index (χ3n) is 6.16. The fourth-order valence-corrected chi connectivity index (χ4v) is 4.39. The van der Waals surface area contributed by atoms with Gasteiger partial charge in [0.15, 0.2) is 0 Å². The van der Waals surface area contributed by atoms with Gasteiger partial charge in [-0.3, -0.25) is 5.10 Å². The van der Waals surface area contributed by atoms with Crippen molar-refractivity contribution in [2.75, 3.05) is 18.0 Å². The lowest BCUT2D eigenvalue weighted by Gasteiger charge is -2.19. The lowest BCUT2D eigenvalue weighted by atomic mass is 9.95. The number of aliphatic hydroxyl groups is 1. The monoisotopic (exact) mass is 417 g/mol. The molecule has 0 radical (unpaired) electrons. The smallest absolute Gasteiger partial charge is 0.133 e. The first-order valence-corrected chi connectivity index (χ1v) is 10.7. The molecule has 3 aromatic heterocycles. The van der Waals surface area contributed by atoms with Crippen LogP contribution in [-0.4, -0.2) is 54.2 Å². The number of fused-ring (bicyclic) bond motifs is 1. The van der Waals surface area contributed by atoms with Gasteiger partial charge in [-0.25, -0.2) is 4.98 Å². The summed E-state index contributed by atoms with van der Waals surface area (Å²) in [5.41, 5.74) is 6.92. The molecule has 31 heavy (non-hydrogen) atoms. The molecule has 160 valence electrons. The van der Waals surface area contributed by atoms with E-state index >= 15 is 0 Å². The minimum atomic E-state index is -0.280. The number of aryl methyl sites for hydroxylation is 2. The second-order valence-electron chi connectivity index (χ2n) is 8.56. The summed E-state index contributed by atoms with van der Waals surface area (Å²) < 4.78 is 1.96. The van der Waals surface area contributed by atoms with E-state index in [2.05, 4.69) is 62.6 Å². The molecule has 2 atom stereocenters. The van der Waals surface area contributed by atoms with E-state index in [9.17, 15) is 5.11 Å². The maximum atomic E-state index is 9.98. The Labute approximate surface area is 181 Å². The molecule has 1 aromatic carbocycles. The highest BCUT2D eigenvalue weighted by Gasteiger charge is 2.24. The van der Waals surface area contributed by atoms with Crippen LogP contribution in [0, 0.1) is 6.92 Å². The zero-order valence-corrected chi connectivity index (χ0v) is 18.1. The number of pyridine rings is 1. The van der Waals surface area contributed by atoms with Gasteiger partial charge in [0, 0.05) is 37.8 Å². The zero-order valence-electron chi connectivity index (χ0n) is 18.1. The van der Waals surface area contributed by atoms with E-state index in [-0.39, 0.29) is 6.10 Å². The van der Waals surface area contributed by atoms with Gasteiger partial charge in [0.25, 0.3) is 0 Å². The standard InChI is InChI=1S/C23H27N7O/c1-14(9-20-26-24-13-29(20)3)16-5-4-6-17(11-16)21-23-22(28-27-21)19(10-15(2)25-23)30-8-7-18(31)12-30/h4-6,10-11,13-14,18,31H,7-9,12H2,1-3H3,(H,27,28)/t14-,18+/m1/s1. The number of rotatable bonds is 5. The molecular formula is C23H27N7O. The molecule has 0 spiro atoms. The molecule has 1 saturated heterocycles. The Morgan fingerprint density at radius 3 is 2.90 bits per heavy atom. The van der Waals surface area contributed by atoms with E-state index in [1.807, 2.05) is 18.5 Å². The summed E-state index contributed by atoms with van der Waals surface area (Å²) in [5.74, 6) is 1.27. The number of hydrogen-bond acceptors (Lipinski definition) is 6. The van der Waals surface area contributed by atoms with E-state index in [4.69, 9.17) is 4.98 Å². The van der Waals surface area contributed by atoms with Gasteiger partial charge in [-0.2, -0.15) is 5.10 Å². The zero-order chi connectivity index (χ0) is 21.5. The van der Waals surface area contributed by atoms with E-state index in [1.54, 1.807) is 6.33 Å². The summed E-state index contributed by atoms with van der Waals surface area (Å²) in [6, 6.07) is 10.6. The Bertz CT molecular complexity index is 1230. The predicted octanol–water partition coefficient (Wildman–Crippen LogP) is 2.98. The summed E-state index contributed by atoms with van der Waals surface area (Å²) in [6.07, 6.45) is 3.06. The minimum absolute atomic E-state index is 0.280. The Kier molecular flexibility index (Phi) is 4.94. The number of H-pyrrole nitrogens is 1. The van der Waals surface area contributed by atoms with Gasteiger partial charge in [0.1, 0.15) is 28.9 Å². The van der Waals surface area contributed by atoms with E-state index in [0.717, 1.165) is 58.9 Å². The highest BCUT2D eigenvalue weighted by molar-refractivity contribution is 5.97. The third-order valence-corrected chi connectivity index (χ3v) is 6.16. The number of hydrogen-bond donors (Lipinski definition) is 2. The van der Waals surface area contributed by atoms with E-state index in [1.165, 1.54) is 5.56 Å². The SMILES string of the molecule is Cc1cc(N2CC[C@H](O)C2)c2[nH]nc(-c3cccc([C@H](C)Cc4nncn4C)c3)c2n1. The molecule has 4 heterocycles. The van der Waals surface area contributed by atoms with Crippen molar-refractivity contribution in [1.82, 2.24) is 29.9 Å². The van der Waals surface area contributed by atoms with Crippen LogP contribution in [-0.2, 0) is 13.5 Å². The number of nitrogens with one attached hydrogen (secondary N) is 1. The van der Waals surface area contributed by atoms with Crippen LogP contribution in [0.3, 0.4) is 0 Å². The molecular weight excluding hydrogens is 390 g/mol. The summed E-state index contributed by atoms with van der Waals surface area (Å²) in [5, 5.41) is 26.0. The first kappa shape index (κ1) is 19.7. The Morgan fingerprint density at radius 1 is 1.29 bits per heavy atom. The average Bonchev–Trinajstić information content (AvgIpc) is 3.48. The van der Waals surface area contributed by atoms with Crippen LogP contribution >= 0.6 is 0 Å². The Morgan fingerprint density at radius 2 is 2.16 bits per heavy atom. The van der Waals surface area contributed by atoms with Gasteiger partial charge in [-0.1, -0.05) is 25.1 Å². The van der Waals surface area contributed by atoms with Gasteiger partial charge in [0.2, 0.25) is 0 Å². The second-order valence-corrected chi connectivity index (χ2v) is 8.56. The summed E-state index contributed by atoms with van der Waals surface area (Å²) in [6.45, 7) is 5.69. The summed E-state index contributed by atoms with van der Waals surface area (Å²) >= 11 is 0. The number of aromatic amines is 1. The van der Waals surface area contributed by atoms with Crippen molar-refractivity contribution < 1.29 is 5.11 Å². The quantitative estimate of drug-likeness (QED) is 0.518. The maximum absolute atomic E-state index is 9.98. The normalized spacial score (nSPS) is 17.5. The van der Waals surface area contributed by atoms with Crippen molar-refractivity contribution in [3.63, 3.8) is 0 Å². The lowest BCUT2D eigenvalue weighted by Crippen LogP contribution is -2.21. The first-order chi connectivity index (χ1) is 15.0. The maximum Gasteiger partial charge on any atom is 0.133 e. The highest BCUT2D eigenvalue weighted by atomic mass is 16.3. The van der Waals surface area contributed by atoms with Crippen molar-refractivity contribution in [3.05, 3.63) is 53.7 Å². The van der Waals surface area contributed by atoms with Gasteiger partial charge in [-0.15, -0.1) is 10.2 Å². The van der Waals surface area contributed by atoms with Crippen LogP contribution in [0.4, 0.5) is 5.69 Å². The van der Waals surface area contributed by atoms with Crippen molar-refractivity contribution >= 4 is 16.7 Å². The van der Waals surface area contributed by atoms with Crippen LogP contribution < -0.4 is 4.90 Å². The van der Waals surface area contributed by atoms with Gasteiger partial charge in [-0.05, 0) is 37.0 Å². The van der Waals surface area contributed by atoms with E-state index in [0.29, 0.717) is 12.5 Å². The van der Waals surface area contributed by atoms with Gasteiger partial charge < -0.3 is 14.6 Å². The van der Waals surface area contributed by atoms with Crippen LogP contribution in [0.2, 0.25) is 0 Å². The Balaban J connectivity index is 1.51. The predicted molar refractivity (Wildman–Crippen MR) is 120 cm³/mol. The number of nitrogens with zero attached hydrogens (tertiary/aromatic N) is 6. The molecule has 1 aliphatic heterocycles. The lowest BCUT2D eigenvalue weighted by molar-refractivity contribution is 0.198. The minimum Gasteiger partial charge on any atom is -0.391 e. The van der Waals surface area contributed by atoms with Crippen molar-refractivity contribution in [1.29, 1.82) is 0 Å². The molecule has 2 N–H and O–H groups in total. The molecule has 0 amide bonds. The molecule has 1 fully saturated rings. The molecule has 1 aliphatic rings. The molecule has 0 unspecified atom stereocenters. The molecule has 0 bridgehead atoms. The Hall–Kier alpha value is -3.26. The topological polar surface area (TPSA) is 95.7 Å². The molecule has 8 heteroatoms. The van der Waals surface area contributed by atoms with Crippen molar-refractivity contribution in [3.8, 4) is 11.3 Å². The molecule has 0 saturated carbocycles. The fraction of sp³-hybridized carbons (Fsp3) is 0.391. The fourth-order valence-electron chi connectivity index (χ4n) is 4.39. The van der Waals surface area contributed by atoms with Crippen LogP contribution in [0.25, 0.3) is 22.3 Å².